The molecule has 0 unspecified atom stereocenters. The van der Waals surface area contributed by atoms with Gasteiger partial charge in [0, 0.05) is 6.42 Å². The molecule has 3 aromatic rings. The SMILES string of the molecule is CCCc1nn2c(CO)c(-c3cccs3)nc2s1. The molecule has 0 spiro atoms. The minimum absolute atomic E-state index is 0.0380. The first-order valence-electron chi connectivity index (χ1n) is 5.85. The minimum atomic E-state index is -0.0380. The molecule has 0 bridgehead atoms. The van der Waals surface area contributed by atoms with Gasteiger partial charge in [0.15, 0.2) is 0 Å². The van der Waals surface area contributed by atoms with Crippen molar-refractivity contribution in [3.05, 3.63) is 28.2 Å². The van der Waals surface area contributed by atoms with Crippen molar-refractivity contribution in [3.63, 3.8) is 0 Å². The molecule has 18 heavy (non-hydrogen) atoms. The molecule has 0 amide bonds. The second-order valence-electron chi connectivity index (χ2n) is 3.98. The quantitative estimate of drug-likeness (QED) is 0.799. The molecule has 0 aliphatic heterocycles. The van der Waals surface area contributed by atoms with Crippen LogP contribution < -0.4 is 0 Å². The summed E-state index contributed by atoms with van der Waals surface area (Å²) >= 11 is 3.23. The first-order valence-corrected chi connectivity index (χ1v) is 7.55. The predicted molar refractivity (Wildman–Crippen MR) is 74.1 cm³/mol. The molecule has 94 valence electrons. The number of fused-ring (bicyclic) bond motifs is 1. The monoisotopic (exact) mass is 279 g/mol. The average Bonchev–Trinajstić information content (AvgIpc) is 3.02. The first kappa shape index (κ1) is 11.8. The van der Waals surface area contributed by atoms with Crippen LogP contribution in [-0.2, 0) is 13.0 Å². The maximum Gasteiger partial charge on any atom is 0.213 e. The van der Waals surface area contributed by atoms with Crippen LogP contribution in [0.15, 0.2) is 17.5 Å². The van der Waals surface area contributed by atoms with Crippen molar-refractivity contribution < 1.29 is 5.11 Å². The summed E-state index contributed by atoms with van der Waals surface area (Å²) in [4.78, 5) is 6.54. The van der Waals surface area contributed by atoms with Gasteiger partial charge in [-0.1, -0.05) is 24.3 Å². The van der Waals surface area contributed by atoms with Gasteiger partial charge < -0.3 is 5.11 Å². The van der Waals surface area contributed by atoms with E-state index in [1.165, 1.54) is 0 Å². The molecule has 0 radical (unpaired) electrons. The molecule has 0 fully saturated rings. The van der Waals surface area contributed by atoms with Gasteiger partial charge in [-0.2, -0.15) is 5.10 Å². The Morgan fingerprint density at radius 1 is 1.44 bits per heavy atom. The number of aromatic nitrogens is 3. The molecule has 3 aromatic heterocycles. The number of aryl methyl sites for hydroxylation is 1. The highest BCUT2D eigenvalue weighted by Crippen LogP contribution is 2.30. The van der Waals surface area contributed by atoms with E-state index in [1.54, 1.807) is 27.2 Å². The molecule has 0 saturated heterocycles. The molecule has 0 aliphatic rings. The zero-order valence-corrected chi connectivity index (χ0v) is 11.6. The second-order valence-corrected chi connectivity index (χ2v) is 5.97. The molecular formula is C12H13N3OS2. The normalized spacial score (nSPS) is 11.4. The summed E-state index contributed by atoms with van der Waals surface area (Å²) in [6.45, 7) is 2.10. The maximum atomic E-state index is 9.55. The van der Waals surface area contributed by atoms with E-state index >= 15 is 0 Å². The van der Waals surface area contributed by atoms with Crippen molar-refractivity contribution in [1.29, 1.82) is 0 Å². The Hall–Kier alpha value is -1.24. The van der Waals surface area contributed by atoms with E-state index in [-0.39, 0.29) is 6.61 Å². The third-order valence-electron chi connectivity index (χ3n) is 2.71. The lowest BCUT2D eigenvalue weighted by atomic mass is 10.3. The van der Waals surface area contributed by atoms with E-state index in [1.807, 2.05) is 17.5 Å². The Morgan fingerprint density at radius 2 is 2.33 bits per heavy atom. The summed E-state index contributed by atoms with van der Waals surface area (Å²) < 4.78 is 1.78. The highest BCUT2D eigenvalue weighted by molar-refractivity contribution is 7.16. The Balaban J connectivity index is 2.14. The number of thiophene rings is 1. The van der Waals surface area contributed by atoms with Gasteiger partial charge in [0.1, 0.15) is 10.7 Å². The summed E-state index contributed by atoms with van der Waals surface area (Å²) in [5, 5.41) is 17.2. The Morgan fingerprint density at radius 3 is 3.00 bits per heavy atom. The lowest BCUT2D eigenvalue weighted by molar-refractivity contribution is 0.275. The molecule has 6 heteroatoms. The molecule has 0 aliphatic carbocycles. The van der Waals surface area contributed by atoms with E-state index in [9.17, 15) is 5.11 Å². The maximum absolute atomic E-state index is 9.55. The second kappa shape index (κ2) is 4.79. The summed E-state index contributed by atoms with van der Waals surface area (Å²) in [5.41, 5.74) is 1.64. The van der Waals surface area contributed by atoms with Crippen LogP contribution in [-0.4, -0.2) is 19.7 Å². The van der Waals surface area contributed by atoms with Crippen LogP contribution in [0.2, 0.25) is 0 Å². The van der Waals surface area contributed by atoms with Crippen LogP contribution >= 0.6 is 22.7 Å². The Labute approximate surface area is 113 Å². The topological polar surface area (TPSA) is 50.4 Å². The summed E-state index contributed by atoms with van der Waals surface area (Å²) in [7, 11) is 0. The first-order chi connectivity index (χ1) is 8.83. The molecule has 0 saturated carbocycles. The van der Waals surface area contributed by atoms with E-state index in [2.05, 4.69) is 17.0 Å². The summed E-state index contributed by atoms with van der Waals surface area (Å²) in [5.74, 6) is 0. The molecule has 4 nitrogen and oxygen atoms in total. The molecular weight excluding hydrogens is 266 g/mol. The van der Waals surface area contributed by atoms with Crippen molar-refractivity contribution in [1.82, 2.24) is 14.6 Å². The van der Waals surface area contributed by atoms with Crippen LogP contribution in [0.1, 0.15) is 24.0 Å². The van der Waals surface area contributed by atoms with Crippen molar-refractivity contribution in [2.75, 3.05) is 0 Å². The number of nitrogens with zero attached hydrogens (tertiary/aromatic N) is 3. The van der Waals surface area contributed by atoms with Gasteiger partial charge in [0.25, 0.3) is 0 Å². The standard InChI is InChI=1S/C12H13N3OS2/c1-2-4-10-14-15-8(7-16)11(13-12(15)18-10)9-5-3-6-17-9/h3,5-6,16H,2,4,7H2,1H3. The number of aliphatic hydroxyl groups excluding tert-OH is 1. The van der Waals surface area contributed by atoms with Gasteiger partial charge >= 0.3 is 0 Å². The van der Waals surface area contributed by atoms with Crippen LogP contribution in [0.4, 0.5) is 0 Å². The molecule has 3 heterocycles. The smallest absolute Gasteiger partial charge is 0.213 e. The van der Waals surface area contributed by atoms with Crippen molar-refractivity contribution in [2.24, 2.45) is 0 Å². The lowest BCUT2D eigenvalue weighted by Gasteiger charge is -1.96. The molecule has 0 atom stereocenters. The zero-order chi connectivity index (χ0) is 12.5. The number of hydrogen-bond donors (Lipinski definition) is 1. The zero-order valence-electron chi connectivity index (χ0n) is 9.96. The van der Waals surface area contributed by atoms with Gasteiger partial charge in [0.2, 0.25) is 4.96 Å². The fourth-order valence-corrected chi connectivity index (χ4v) is 3.65. The molecule has 3 rings (SSSR count). The van der Waals surface area contributed by atoms with Gasteiger partial charge in [-0.15, -0.1) is 11.3 Å². The Kier molecular flexibility index (Phi) is 3.15. The largest absolute Gasteiger partial charge is 0.390 e. The van der Waals surface area contributed by atoms with E-state index < -0.39 is 0 Å². The number of aliphatic hydroxyl groups is 1. The number of rotatable bonds is 4. The van der Waals surface area contributed by atoms with Crippen molar-refractivity contribution in [3.8, 4) is 10.6 Å². The highest BCUT2D eigenvalue weighted by atomic mass is 32.1. The van der Waals surface area contributed by atoms with Crippen LogP contribution in [0.25, 0.3) is 15.5 Å². The predicted octanol–water partition coefficient (Wildman–Crippen LogP) is 2.96. The third-order valence-corrected chi connectivity index (χ3v) is 4.55. The van der Waals surface area contributed by atoms with E-state index in [4.69, 9.17) is 0 Å². The summed E-state index contributed by atoms with van der Waals surface area (Å²) in [6, 6.07) is 4.01. The van der Waals surface area contributed by atoms with Crippen LogP contribution in [0.5, 0.6) is 0 Å². The Bertz CT molecular complexity index is 654. The third kappa shape index (κ3) is 1.86. The fraction of sp³-hybridized carbons (Fsp3) is 0.333. The highest BCUT2D eigenvalue weighted by Gasteiger charge is 2.17. The van der Waals surface area contributed by atoms with Gasteiger partial charge in [0.05, 0.1) is 17.2 Å². The molecule has 0 aromatic carbocycles. The average molecular weight is 279 g/mol. The van der Waals surface area contributed by atoms with Crippen molar-refractivity contribution >= 4 is 27.6 Å². The van der Waals surface area contributed by atoms with Crippen molar-refractivity contribution in [2.45, 2.75) is 26.4 Å². The molecule has 1 N–H and O–H groups in total. The van der Waals surface area contributed by atoms with E-state index in [0.717, 1.165) is 39.1 Å². The number of imidazole rings is 1. The fourth-order valence-electron chi connectivity index (χ4n) is 1.90. The van der Waals surface area contributed by atoms with Gasteiger partial charge in [-0.25, -0.2) is 9.50 Å². The van der Waals surface area contributed by atoms with E-state index in [0.29, 0.717) is 0 Å². The van der Waals surface area contributed by atoms with Crippen LogP contribution in [0.3, 0.4) is 0 Å². The lowest BCUT2D eigenvalue weighted by Crippen LogP contribution is -1.96. The summed E-state index contributed by atoms with van der Waals surface area (Å²) in [6.07, 6.45) is 2.04. The number of hydrogen-bond acceptors (Lipinski definition) is 5. The minimum Gasteiger partial charge on any atom is -0.390 e. The van der Waals surface area contributed by atoms with Crippen LogP contribution in [0, 0.1) is 0 Å². The van der Waals surface area contributed by atoms with Gasteiger partial charge in [-0.05, 0) is 17.9 Å². The van der Waals surface area contributed by atoms with Gasteiger partial charge in [-0.3, -0.25) is 0 Å².